The minimum absolute atomic E-state index is 0.159. The fourth-order valence-corrected chi connectivity index (χ4v) is 1.66. The van der Waals surface area contributed by atoms with E-state index in [2.05, 4.69) is 6.07 Å². The molecule has 0 aromatic heterocycles. The van der Waals surface area contributed by atoms with Crippen LogP contribution in [-0.2, 0) is 11.2 Å². The molecule has 1 aliphatic carbocycles. The van der Waals surface area contributed by atoms with E-state index in [1.165, 1.54) is 0 Å². The maximum atomic E-state index is 11.8. The van der Waals surface area contributed by atoms with Gasteiger partial charge in [0.1, 0.15) is 0 Å². The van der Waals surface area contributed by atoms with Gasteiger partial charge in [0, 0.05) is 13.1 Å². The largest absolute Gasteiger partial charge is 0.342 e. The Labute approximate surface area is 95.3 Å². The molecule has 0 atom stereocenters. The van der Waals surface area contributed by atoms with E-state index in [9.17, 15) is 4.79 Å². The van der Waals surface area contributed by atoms with Crippen LogP contribution in [0.5, 0.6) is 0 Å². The summed E-state index contributed by atoms with van der Waals surface area (Å²) in [5.74, 6) is 0.159. The molecule has 0 spiro atoms. The van der Waals surface area contributed by atoms with Gasteiger partial charge in [0.05, 0.1) is 18.1 Å². The van der Waals surface area contributed by atoms with Crippen LogP contribution in [-0.4, -0.2) is 23.9 Å². The zero-order valence-corrected chi connectivity index (χ0v) is 9.31. The number of amides is 1. The summed E-state index contributed by atoms with van der Waals surface area (Å²) in [7, 11) is 1.86. The van der Waals surface area contributed by atoms with Crippen LogP contribution in [0.3, 0.4) is 0 Å². The van der Waals surface area contributed by atoms with Crippen molar-refractivity contribution in [2.45, 2.75) is 25.3 Å². The highest BCUT2D eigenvalue weighted by atomic mass is 16.2. The molecule has 0 N–H and O–H groups in total. The Morgan fingerprint density at radius 3 is 2.56 bits per heavy atom. The molecule has 1 aromatic carbocycles. The van der Waals surface area contributed by atoms with Crippen LogP contribution < -0.4 is 0 Å². The number of nitriles is 1. The summed E-state index contributed by atoms with van der Waals surface area (Å²) in [5.41, 5.74) is 1.60. The van der Waals surface area contributed by atoms with E-state index in [0.717, 1.165) is 18.4 Å². The van der Waals surface area contributed by atoms with Gasteiger partial charge in [-0.15, -0.1) is 0 Å². The number of nitrogens with zero attached hydrogens (tertiary/aromatic N) is 2. The minimum atomic E-state index is 0.159. The standard InChI is InChI=1S/C13H14N2O/c1-15(12-6-7-12)13(16)8-10-2-4-11(9-14)5-3-10/h2-5,12H,6-8H2,1H3. The van der Waals surface area contributed by atoms with Crippen molar-refractivity contribution in [1.29, 1.82) is 5.26 Å². The molecule has 3 heteroatoms. The number of carbonyl (C=O) groups excluding carboxylic acids is 1. The first-order valence-electron chi connectivity index (χ1n) is 5.45. The van der Waals surface area contributed by atoms with E-state index in [1.54, 1.807) is 12.1 Å². The number of likely N-dealkylation sites (N-methyl/N-ethyl adjacent to an activating group) is 1. The number of hydrogen-bond acceptors (Lipinski definition) is 2. The van der Waals surface area contributed by atoms with Crippen molar-refractivity contribution in [2.24, 2.45) is 0 Å². The van der Waals surface area contributed by atoms with Gasteiger partial charge in [-0.1, -0.05) is 12.1 Å². The molecule has 0 bridgehead atoms. The summed E-state index contributed by atoms with van der Waals surface area (Å²) in [4.78, 5) is 13.6. The van der Waals surface area contributed by atoms with Gasteiger partial charge in [-0.2, -0.15) is 5.26 Å². The van der Waals surface area contributed by atoms with Crippen LogP contribution in [0.2, 0.25) is 0 Å². The summed E-state index contributed by atoms with van der Waals surface area (Å²) in [6.45, 7) is 0. The molecule has 1 fully saturated rings. The zero-order chi connectivity index (χ0) is 11.5. The predicted molar refractivity (Wildman–Crippen MR) is 60.7 cm³/mol. The number of carbonyl (C=O) groups is 1. The van der Waals surface area contributed by atoms with E-state index >= 15 is 0 Å². The molecular weight excluding hydrogens is 200 g/mol. The molecule has 1 aliphatic rings. The van der Waals surface area contributed by atoms with Gasteiger partial charge in [0.15, 0.2) is 0 Å². The van der Waals surface area contributed by atoms with Gasteiger partial charge >= 0.3 is 0 Å². The Hall–Kier alpha value is -1.82. The lowest BCUT2D eigenvalue weighted by atomic mass is 10.1. The molecule has 0 heterocycles. The molecule has 0 unspecified atom stereocenters. The zero-order valence-electron chi connectivity index (χ0n) is 9.31. The summed E-state index contributed by atoms with van der Waals surface area (Å²) in [6, 6.07) is 9.72. The monoisotopic (exact) mass is 214 g/mol. The van der Waals surface area contributed by atoms with E-state index < -0.39 is 0 Å². The molecule has 1 aromatic rings. The van der Waals surface area contributed by atoms with Crippen LogP contribution >= 0.6 is 0 Å². The fourth-order valence-electron chi connectivity index (χ4n) is 1.66. The van der Waals surface area contributed by atoms with E-state index in [4.69, 9.17) is 5.26 Å². The Morgan fingerprint density at radius 2 is 2.06 bits per heavy atom. The van der Waals surface area contributed by atoms with Crippen LogP contribution in [0.4, 0.5) is 0 Å². The normalized spacial score (nSPS) is 14.2. The lowest BCUT2D eigenvalue weighted by molar-refractivity contribution is -0.129. The first-order chi connectivity index (χ1) is 7.70. The highest BCUT2D eigenvalue weighted by Crippen LogP contribution is 2.25. The SMILES string of the molecule is CN(C(=O)Cc1ccc(C#N)cc1)C1CC1. The third-order valence-corrected chi connectivity index (χ3v) is 2.93. The van der Waals surface area contributed by atoms with Gasteiger partial charge in [-0.3, -0.25) is 4.79 Å². The van der Waals surface area contributed by atoms with Gasteiger partial charge < -0.3 is 4.90 Å². The van der Waals surface area contributed by atoms with Crippen LogP contribution in [0.15, 0.2) is 24.3 Å². The van der Waals surface area contributed by atoms with E-state index in [-0.39, 0.29) is 5.91 Å². The lowest BCUT2D eigenvalue weighted by Gasteiger charge is -2.15. The van der Waals surface area contributed by atoms with E-state index in [1.807, 2.05) is 24.1 Å². The van der Waals surface area contributed by atoms with Gasteiger partial charge in [-0.25, -0.2) is 0 Å². The van der Waals surface area contributed by atoms with Crippen molar-refractivity contribution in [3.8, 4) is 6.07 Å². The van der Waals surface area contributed by atoms with Crippen LogP contribution in [0, 0.1) is 11.3 Å². The molecule has 1 amide bonds. The Balaban J connectivity index is 1.97. The molecule has 2 rings (SSSR count). The lowest BCUT2D eigenvalue weighted by Crippen LogP contribution is -2.30. The van der Waals surface area contributed by atoms with Crippen molar-refractivity contribution in [3.05, 3.63) is 35.4 Å². The number of rotatable bonds is 3. The van der Waals surface area contributed by atoms with Crippen molar-refractivity contribution in [1.82, 2.24) is 4.90 Å². The average molecular weight is 214 g/mol. The summed E-state index contributed by atoms with van der Waals surface area (Å²) in [6.07, 6.45) is 2.70. The highest BCUT2D eigenvalue weighted by Gasteiger charge is 2.29. The number of hydrogen-bond donors (Lipinski definition) is 0. The first kappa shape index (κ1) is 10.7. The van der Waals surface area contributed by atoms with Crippen LogP contribution in [0.1, 0.15) is 24.0 Å². The molecule has 0 aliphatic heterocycles. The average Bonchev–Trinajstić information content (AvgIpc) is 3.13. The molecule has 0 radical (unpaired) electrons. The van der Waals surface area contributed by atoms with Crippen LogP contribution in [0.25, 0.3) is 0 Å². The first-order valence-corrected chi connectivity index (χ1v) is 5.45. The molecule has 0 saturated heterocycles. The maximum absolute atomic E-state index is 11.8. The molecule has 3 nitrogen and oxygen atoms in total. The summed E-state index contributed by atoms with van der Waals surface area (Å²) >= 11 is 0. The van der Waals surface area contributed by atoms with Crippen molar-refractivity contribution >= 4 is 5.91 Å². The Morgan fingerprint density at radius 1 is 1.44 bits per heavy atom. The molecule has 16 heavy (non-hydrogen) atoms. The number of benzene rings is 1. The molecular formula is C13H14N2O. The van der Waals surface area contributed by atoms with Crippen molar-refractivity contribution < 1.29 is 4.79 Å². The van der Waals surface area contributed by atoms with E-state index in [0.29, 0.717) is 18.0 Å². The second kappa shape index (κ2) is 4.36. The highest BCUT2D eigenvalue weighted by molar-refractivity contribution is 5.79. The second-order valence-electron chi connectivity index (χ2n) is 4.22. The summed E-state index contributed by atoms with van der Waals surface area (Å²) in [5, 5.41) is 8.65. The van der Waals surface area contributed by atoms with Crippen molar-refractivity contribution in [2.75, 3.05) is 7.05 Å². The Bertz CT molecular complexity index is 426. The molecule has 1 saturated carbocycles. The van der Waals surface area contributed by atoms with Gasteiger partial charge in [0.2, 0.25) is 5.91 Å². The minimum Gasteiger partial charge on any atom is -0.342 e. The third-order valence-electron chi connectivity index (χ3n) is 2.93. The Kier molecular flexibility index (Phi) is 2.91. The van der Waals surface area contributed by atoms with Gasteiger partial charge in [0.25, 0.3) is 0 Å². The smallest absolute Gasteiger partial charge is 0.226 e. The second-order valence-corrected chi connectivity index (χ2v) is 4.22. The summed E-state index contributed by atoms with van der Waals surface area (Å²) < 4.78 is 0. The third kappa shape index (κ3) is 2.40. The maximum Gasteiger partial charge on any atom is 0.226 e. The topological polar surface area (TPSA) is 44.1 Å². The quantitative estimate of drug-likeness (QED) is 0.769. The van der Waals surface area contributed by atoms with Crippen molar-refractivity contribution in [3.63, 3.8) is 0 Å². The fraction of sp³-hybridized carbons (Fsp3) is 0.385. The van der Waals surface area contributed by atoms with Gasteiger partial charge in [-0.05, 0) is 30.5 Å². The predicted octanol–water partition coefficient (Wildman–Crippen LogP) is 1.72. The molecule has 82 valence electrons.